The van der Waals surface area contributed by atoms with Gasteiger partial charge in [-0.25, -0.2) is 13.2 Å². The van der Waals surface area contributed by atoms with E-state index in [9.17, 15) is 14.6 Å². The molecular formula is C33H31F3N4O4. The number of nitrogens with one attached hydrogen (secondary N) is 1. The fourth-order valence-corrected chi connectivity index (χ4v) is 6.93. The quantitative estimate of drug-likeness (QED) is 0.252. The van der Waals surface area contributed by atoms with Gasteiger partial charge < -0.3 is 29.9 Å². The monoisotopic (exact) mass is 604 g/mol. The molecule has 0 amide bonds. The highest BCUT2D eigenvalue weighted by molar-refractivity contribution is 6.06. The van der Waals surface area contributed by atoms with Gasteiger partial charge in [-0.1, -0.05) is 18.4 Å². The summed E-state index contributed by atoms with van der Waals surface area (Å²) in [5, 5.41) is 24.4. The number of aromatic nitrogens is 2. The van der Waals surface area contributed by atoms with E-state index in [0.717, 1.165) is 44.2 Å². The van der Waals surface area contributed by atoms with Crippen molar-refractivity contribution in [2.24, 2.45) is 5.41 Å². The first-order valence-corrected chi connectivity index (χ1v) is 14.7. The number of fused-ring (bicyclic) bond motifs is 4. The number of anilines is 1. The van der Waals surface area contributed by atoms with Gasteiger partial charge in [-0.05, 0) is 49.3 Å². The maximum absolute atomic E-state index is 16.9. The lowest BCUT2D eigenvalue weighted by molar-refractivity contribution is -0.00263. The molecule has 2 aliphatic heterocycles. The van der Waals surface area contributed by atoms with Crippen molar-refractivity contribution in [3.8, 4) is 41.0 Å². The zero-order chi connectivity index (χ0) is 30.7. The third kappa shape index (κ3) is 4.47. The highest BCUT2D eigenvalue weighted by Crippen LogP contribution is 2.47. The van der Waals surface area contributed by atoms with Gasteiger partial charge in [0.15, 0.2) is 17.4 Å². The van der Waals surface area contributed by atoms with E-state index in [2.05, 4.69) is 21.2 Å². The molecule has 2 unspecified atom stereocenters. The molecule has 3 aliphatic rings. The number of aliphatic hydroxyl groups is 1. The molecule has 0 radical (unpaired) electrons. The van der Waals surface area contributed by atoms with Crippen LogP contribution >= 0.6 is 0 Å². The number of halogens is 3. The van der Waals surface area contributed by atoms with Crippen molar-refractivity contribution in [3.05, 3.63) is 47.3 Å². The van der Waals surface area contributed by atoms with E-state index in [0.29, 0.717) is 18.5 Å². The van der Waals surface area contributed by atoms with Crippen LogP contribution in [0.4, 0.5) is 19.0 Å². The topological polar surface area (TPSA) is 100.0 Å². The first kappa shape index (κ1) is 28.5. The van der Waals surface area contributed by atoms with Crippen LogP contribution in [0, 0.1) is 35.2 Å². The minimum Gasteiger partial charge on any atom is -0.508 e. The molecule has 1 saturated carbocycles. The van der Waals surface area contributed by atoms with Gasteiger partial charge >= 0.3 is 6.01 Å². The normalized spacial score (nSPS) is 20.5. The number of benzene rings is 3. The lowest BCUT2D eigenvalue weighted by Gasteiger charge is -2.39. The number of hydrogen-bond acceptors (Lipinski definition) is 8. The molecule has 7 rings (SSSR count). The Labute approximate surface area is 251 Å². The third-order valence-electron chi connectivity index (χ3n) is 9.39. The maximum Gasteiger partial charge on any atom is 0.319 e. The van der Waals surface area contributed by atoms with Crippen LogP contribution in [0.1, 0.15) is 37.7 Å². The van der Waals surface area contributed by atoms with Gasteiger partial charge in [0.25, 0.3) is 0 Å². The summed E-state index contributed by atoms with van der Waals surface area (Å²) in [6.45, 7) is 1.18. The molecule has 1 aliphatic carbocycles. The van der Waals surface area contributed by atoms with Gasteiger partial charge in [0.2, 0.25) is 0 Å². The summed E-state index contributed by atoms with van der Waals surface area (Å²) in [6, 6.07) is 5.26. The molecule has 4 aromatic rings. The minimum atomic E-state index is -1.07. The third-order valence-corrected chi connectivity index (χ3v) is 9.39. The van der Waals surface area contributed by atoms with Gasteiger partial charge in [0, 0.05) is 41.5 Å². The molecule has 2 bridgehead atoms. The van der Waals surface area contributed by atoms with Gasteiger partial charge in [0.05, 0.1) is 36.8 Å². The van der Waals surface area contributed by atoms with Crippen LogP contribution in [0.15, 0.2) is 24.3 Å². The first-order valence-electron chi connectivity index (χ1n) is 14.7. The molecule has 2 atom stereocenters. The van der Waals surface area contributed by atoms with Crippen LogP contribution in [-0.4, -0.2) is 65.7 Å². The second-order valence-corrected chi connectivity index (χ2v) is 12.1. The number of ether oxygens (including phenoxy) is 2. The van der Waals surface area contributed by atoms with Crippen molar-refractivity contribution < 1.29 is 32.9 Å². The molecule has 1 aromatic heterocycles. The van der Waals surface area contributed by atoms with Gasteiger partial charge in [-0.2, -0.15) is 9.97 Å². The van der Waals surface area contributed by atoms with E-state index in [-0.39, 0.29) is 76.0 Å². The molecule has 11 heteroatoms. The minimum absolute atomic E-state index is 0.0354. The van der Waals surface area contributed by atoms with Crippen molar-refractivity contribution in [2.45, 2.75) is 44.2 Å². The van der Waals surface area contributed by atoms with Crippen molar-refractivity contribution in [1.29, 1.82) is 0 Å². The largest absolute Gasteiger partial charge is 0.508 e. The number of phenolic OH excluding ortho intramolecular Hbond substituents is 1. The number of aliphatic hydroxyl groups excluding tert-OH is 1. The SMILES string of the molecule is C#Cc1c(F)ccc2cc(O)cc(-c3c(F)c(OC)c4c(N5CC6CCC(C5)N6)nc(OCC5(CO)CCC5)nc4c3F)c12. The second kappa shape index (κ2) is 10.7. The fraction of sp³-hybridized carbons (Fsp3) is 0.394. The number of piperazine rings is 1. The Balaban J connectivity index is 1.49. The molecule has 2 saturated heterocycles. The summed E-state index contributed by atoms with van der Waals surface area (Å²) in [5.41, 5.74) is -1.62. The Morgan fingerprint density at radius 1 is 1.09 bits per heavy atom. The van der Waals surface area contributed by atoms with E-state index in [4.69, 9.17) is 15.9 Å². The van der Waals surface area contributed by atoms with Gasteiger partial charge in [0.1, 0.15) is 22.9 Å². The summed E-state index contributed by atoms with van der Waals surface area (Å²) in [5.74, 6) is -0.920. The van der Waals surface area contributed by atoms with E-state index < -0.39 is 28.4 Å². The van der Waals surface area contributed by atoms with E-state index in [1.807, 2.05) is 4.90 Å². The smallest absolute Gasteiger partial charge is 0.319 e. The first-order chi connectivity index (χ1) is 21.3. The Kier molecular flexibility index (Phi) is 6.94. The van der Waals surface area contributed by atoms with Crippen molar-refractivity contribution in [2.75, 3.05) is 38.3 Å². The van der Waals surface area contributed by atoms with Crippen LogP contribution in [0.2, 0.25) is 0 Å². The fourth-order valence-electron chi connectivity index (χ4n) is 6.93. The van der Waals surface area contributed by atoms with E-state index in [1.165, 1.54) is 19.2 Å². The van der Waals surface area contributed by atoms with Gasteiger partial charge in [-0.15, -0.1) is 6.42 Å². The highest BCUT2D eigenvalue weighted by Gasteiger charge is 2.39. The standard InChI is InChI=1S/C33H31F3N4O4/c1-3-21-23(34)8-5-17-11-20(42)12-22(24(17)21)25-27(35)29-26(30(43-2)28(25)36)31(40-13-18-6-7-19(14-40)37-18)39-32(38-29)44-16-33(15-41)9-4-10-33/h1,5,8,11-12,18-19,37,41-42H,4,6-7,9-10,13-16H2,2H3. The molecule has 3 aromatic carbocycles. The Morgan fingerprint density at radius 3 is 2.48 bits per heavy atom. The summed E-state index contributed by atoms with van der Waals surface area (Å²) in [7, 11) is 1.27. The number of rotatable bonds is 7. The lowest BCUT2D eigenvalue weighted by Crippen LogP contribution is -2.51. The van der Waals surface area contributed by atoms with Crippen LogP contribution in [0.5, 0.6) is 17.5 Å². The molecular weight excluding hydrogens is 573 g/mol. The molecule has 228 valence electrons. The molecule has 3 N–H and O–H groups in total. The summed E-state index contributed by atoms with van der Waals surface area (Å²) < 4.78 is 60.0. The number of hydrogen-bond donors (Lipinski definition) is 3. The van der Waals surface area contributed by atoms with E-state index >= 15 is 8.78 Å². The Bertz CT molecular complexity index is 1840. The van der Waals surface area contributed by atoms with Crippen molar-refractivity contribution in [3.63, 3.8) is 0 Å². The number of terminal acetylenes is 1. The van der Waals surface area contributed by atoms with Crippen molar-refractivity contribution in [1.82, 2.24) is 15.3 Å². The summed E-state index contributed by atoms with van der Waals surface area (Å²) in [4.78, 5) is 11.1. The molecule has 0 spiro atoms. The molecule has 3 fully saturated rings. The van der Waals surface area contributed by atoms with Gasteiger partial charge in [-0.3, -0.25) is 0 Å². The number of methoxy groups -OCH3 is 1. The zero-order valence-corrected chi connectivity index (χ0v) is 24.1. The Morgan fingerprint density at radius 2 is 1.84 bits per heavy atom. The average Bonchev–Trinajstić information content (AvgIpc) is 3.34. The van der Waals surface area contributed by atoms with Crippen LogP contribution in [-0.2, 0) is 0 Å². The molecule has 3 heterocycles. The van der Waals surface area contributed by atoms with E-state index in [1.54, 1.807) is 0 Å². The second-order valence-electron chi connectivity index (χ2n) is 12.1. The maximum atomic E-state index is 16.9. The summed E-state index contributed by atoms with van der Waals surface area (Å²) >= 11 is 0. The van der Waals surface area contributed by atoms with Crippen molar-refractivity contribution >= 4 is 27.5 Å². The Hall–Kier alpha value is -4.27. The lowest BCUT2D eigenvalue weighted by atomic mass is 9.70. The van der Waals surface area contributed by atoms with Crippen LogP contribution in [0.25, 0.3) is 32.8 Å². The van der Waals surface area contributed by atoms with Crippen LogP contribution < -0.4 is 19.7 Å². The van der Waals surface area contributed by atoms with Crippen LogP contribution in [0.3, 0.4) is 0 Å². The molecule has 8 nitrogen and oxygen atoms in total. The average molecular weight is 605 g/mol. The predicted octanol–water partition coefficient (Wildman–Crippen LogP) is 5.04. The zero-order valence-electron chi connectivity index (χ0n) is 24.1. The number of aromatic hydroxyl groups is 1. The number of phenols is 1. The highest BCUT2D eigenvalue weighted by atomic mass is 19.1. The predicted molar refractivity (Wildman–Crippen MR) is 160 cm³/mol. The summed E-state index contributed by atoms with van der Waals surface area (Å²) in [6.07, 6.45) is 10.1. The molecule has 44 heavy (non-hydrogen) atoms. The number of nitrogens with zero attached hydrogens (tertiary/aromatic N) is 3.